The number of carbonyl (C=O) groups is 1. The van der Waals surface area contributed by atoms with Gasteiger partial charge in [-0.3, -0.25) is 9.36 Å². The van der Waals surface area contributed by atoms with Crippen LogP contribution in [0, 0.1) is 5.41 Å². The minimum absolute atomic E-state index is 0.0244. The van der Waals surface area contributed by atoms with Gasteiger partial charge in [0.2, 0.25) is 5.88 Å². The molecule has 1 aliphatic heterocycles. The van der Waals surface area contributed by atoms with Gasteiger partial charge in [0, 0.05) is 17.5 Å². The molecule has 0 saturated heterocycles. The molecule has 5 heteroatoms. The van der Waals surface area contributed by atoms with Gasteiger partial charge in [-0.2, -0.15) is 0 Å². The molecule has 0 N–H and O–H groups in total. The summed E-state index contributed by atoms with van der Waals surface area (Å²) in [6, 6.07) is 11.1. The minimum atomic E-state index is -0.633. The third-order valence-electron chi connectivity index (χ3n) is 3.92. The van der Waals surface area contributed by atoms with Crippen LogP contribution >= 0.6 is 0 Å². The average molecular weight is 313 g/mol. The fourth-order valence-corrected chi connectivity index (χ4v) is 2.77. The Morgan fingerprint density at radius 1 is 1.26 bits per heavy atom. The zero-order chi connectivity index (χ0) is 16.6. The van der Waals surface area contributed by atoms with Gasteiger partial charge >= 0.3 is 5.97 Å². The number of fused-ring (bicyclic) bond motifs is 1. The van der Waals surface area contributed by atoms with Crippen molar-refractivity contribution in [1.82, 2.24) is 4.57 Å². The molecule has 1 aliphatic rings. The number of pyridine rings is 1. The molecule has 0 atom stereocenters. The van der Waals surface area contributed by atoms with Crippen LogP contribution in [0.25, 0.3) is 11.1 Å². The standard InChI is InChI=1S/C18H19NO4/c1-18(2)10-19-15(20)14(17(21)22-3)9-13(16(19)23-11-18)12-7-5-4-6-8-12/h4-9H,10-11H2,1-3H3. The molecule has 0 spiro atoms. The zero-order valence-electron chi connectivity index (χ0n) is 13.5. The van der Waals surface area contributed by atoms with E-state index in [0.717, 1.165) is 11.1 Å². The third-order valence-corrected chi connectivity index (χ3v) is 3.92. The second-order valence-corrected chi connectivity index (χ2v) is 6.48. The summed E-state index contributed by atoms with van der Waals surface area (Å²) in [5, 5.41) is 0. The Balaban J connectivity index is 2.28. The van der Waals surface area contributed by atoms with Gasteiger partial charge in [0.15, 0.2) is 0 Å². The van der Waals surface area contributed by atoms with Crippen LogP contribution in [0.5, 0.6) is 5.88 Å². The number of hydrogen-bond donors (Lipinski definition) is 0. The molecule has 120 valence electrons. The molecule has 5 nitrogen and oxygen atoms in total. The Bertz CT molecular complexity index is 806. The Kier molecular flexibility index (Phi) is 3.72. The molecule has 2 heterocycles. The maximum Gasteiger partial charge on any atom is 0.343 e. The highest BCUT2D eigenvalue weighted by molar-refractivity contribution is 5.91. The van der Waals surface area contributed by atoms with E-state index in [1.165, 1.54) is 11.7 Å². The molecule has 0 amide bonds. The summed E-state index contributed by atoms with van der Waals surface area (Å²) in [5.41, 5.74) is 1.08. The van der Waals surface area contributed by atoms with E-state index in [0.29, 0.717) is 19.0 Å². The molecule has 0 fully saturated rings. The Morgan fingerprint density at radius 3 is 2.61 bits per heavy atom. The van der Waals surface area contributed by atoms with E-state index in [-0.39, 0.29) is 16.5 Å². The summed E-state index contributed by atoms with van der Waals surface area (Å²) >= 11 is 0. The van der Waals surface area contributed by atoms with E-state index in [9.17, 15) is 9.59 Å². The molecule has 1 aromatic heterocycles. The van der Waals surface area contributed by atoms with Gasteiger partial charge in [-0.1, -0.05) is 44.2 Å². The van der Waals surface area contributed by atoms with Gasteiger partial charge in [-0.25, -0.2) is 4.79 Å². The quantitative estimate of drug-likeness (QED) is 0.800. The Hall–Kier alpha value is -2.56. The smallest absolute Gasteiger partial charge is 0.343 e. The van der Waals surface area contributed by atoms with Crippen molar-refractivity contribution in [2.75, 3.05) is 13.7 Å². The van der Waals surface area contributed by atoms with Crippen molar-refractivity contribution in [2.45, 2.75) is 20.4 Å². The largest absolute Gasteiger partial charge is 0.478 e. The Labute approximate surface area is 134 Å². The first-order valence-electron chi connectivity index (χ1n) is 7.47. The molecular formula is C18H19NO4. The summed E-state index contributed by atoms with van der Waals surface area (Å²) in [6.07, 6.45) is 0. The SMILES string of the molecule is COC(=O)c1cc(-c2ccccc2)c2n(c1=O)CC(C)(C)CO2. The first-order chi connectivity index (χ1) is 10.9. The molecule has 0 unspecified atom stereocenters. The number of carbonyl (C=O) groups excluding carboxylic acids is 1. The van der Waals surface area contributed by atoms with E-state index < -0.39 is 5.97 Å². The average Bonchev–Trinajstić information content (AvgIpc) is 2.55. The van der Waals surface area contributed by atoms with E-state index in [2.05, 4.69) is 0 Å². The van der Waals surface area contributed by atoms with Crippen molar-refractivity contribution in [3.05, 3.63) is 52.3 Å². The molecule has 0 bridgehead atoms. The second kappa shape index (κ2) is 5.57. The lowest BCUT2D eigenvalue weighted by Gasteiger charge is -2.33. The van der Waals surface area contributed by atoms with Gasteiger partial charge < -0.3 is 9.47 Å². The predicted octanol–water partition coefficient (Wildman–Crippen LogP) is 2.72. The summed E-state index contributed by atoms with van der Waals surface area (Å²) in [5.74, 6) is -0.126. The minimum Gasteiger partial charge on any atom is -0.478 e. The van der Waals surface area contributed by atoms with Gasteiger partial charge in [-0.05, 0) is 11.6 Å². The lowest BCUT2D eigenvalue weighted by atomic mass is 9.92. The van der Waals surface area contributed by atoms with Crippen LogP contribution in [-0.4, -0.2) is 24.3 Å². The summed E-state index contributed by atoms with van der Waals surface area (Å²) < 4.78 is 12.2. The fraction of sp³-hybridized carbons (Fsp3) is 0.333. The van der Waals surface area contributed by atoms with Crippen LogP contribution in [0.3, 0.4) is 0 Å². The summed E-state index contributed by atoms with van der Waals surface area (Å²) in [6.45, 7) is 5.06. The monoisotopic (exact) mass is 313 g/mol. The first-order valence-corrected chi connectivity index (χ1v) is 7.47. The number of ether oxygens (including phenoxy) is 2. The molecule has 2 aromatic rings. The number of hydrogen-bond acceptors (Lipinski definition) is 4. The fourth-order valence-electron chi connectivity index (χ4n) is 2.77. The van der Waals surface area contributed by atoms with Gasteiger partial charge in [0.25, 0.3) is 5.56 Å². The van der Waals surface area contributed by atoms with E-state index in [4.69, 9.17) is 9.47 Å². The summed E-state index contributed by atoms with van der Waals surface area (Å²) in [4.78, 5) is 24.7. The van der Waals surface area contributed by atoms with Crippen LogP contribution in [0.1, 0.15) is 24.2 Å². The topological polar surface area (TPSA) is 57.5 Å². The second-order valence-electron chi connectivity index (χ2n) is 6.48. The van der Waals surface area contributed by atoms with E-state index >= 15 is 0 Å². The molecular weight excluding hydrogens is 294 g/mol. The van der Waals surface area contributed by atoms with Crippen molar-refractivity contribution in [1.29, 1.82) is 0 Å². The molecule has 23 heavy (non-hydrogen) atoms. The molecule has 0 saturated carbocycles. The lowest BCUT2D eigenvalue weighted by Crippen LogP contribution is -2.40. The van der Waals surface area contributed by atoms with Gasteiger partial charge in [0.05, 0.1) is 13.7 Å². The molecule has 3 rings (SSSR count). The maximum atomic E-state index is 12.7. The van der Waals surface area contributed by atoms with Crippen molar-refractivity contribution in [3.63, 3.8) is 0 Å². The molecule has 0 radical (unpaired) electrons. The Morgan fingerprint density at radius 2 is 1.96 bits per heavy atom. The zero-order valence-corrected chi connectivity index (χ0v) is 13.5. The van der Waals surface area contributed by atoms with Crippen molar-refractivity contribution in [3.8, 4) is 17.0 Å². The van der Waals surface area contributed by atoms with Crippen LogP contribution < -0.4 is 10.3 Å². The van der Waals surface area contributed by atoms with Crippen molar-refractivity contribution in [2.24, 2.45) is 5.41 Å². The summed E-state index contributed by atoms with van der Waals surface area (Å²) in [7, 11) is 1.27. The van der Waals surface area contributed by atoms with Crippen molar-refractivity contribution < 1.29 is 14.3 Å². The maximum absolute atomic E-state index is 12.7. The van der Waals surface area contributed by atoms with E-state index in [1.807, 2.05) is 44.2 Å². The predicted molar refractivity (Wildman–Crippen MR) is 86.8 cm³/mol. The molecule has 0 aliphatic carbocycles. The first kappa shape index (κ1) is 15.3. The van der Waals surface area contributed by atoms with Crippen LogP contribution in [0.15, 0.2) is 41.2 Å². The number of methoxy groups -OCH3 is 1. The lowest BCUT2D eigenvalue weighted by molar-refractivity contribution is 0.0593. The highest BCUT2D eigenvalue weighted by atomic mass is 16.5. The van der Waals surface area contributed by atoms with Crippen LogP contribution in [-0.2, 0) is 11.3 Å². The third kappa shape index (κ3) is 2.74. The number of rotatable bonds is 2. The normalized spacial score (nSPS) is 15.4. The molecule has 1 aromatic carbocycles. The van der Waals surface area contributed by atoms with Gasteiger partial charge in [0.1, 0.15) is 5.56 Å². The highest BCUT2D eigenvalue weighted by Crippen LogP contribution is 2.35. The highest BCUT2D eigenvalue weighted by Gasteiger charge is 2.31. The number of nitrogens with zero attached hydrogens (tertiary/aromatic N) is 1. The van der Waals surface area contributed by atoms with Gasteiger partial charge in [-0.15, -0.1) is 0 Å². The van der Waals surface area contributed by atoms with E-state index in [1.54, 1.807) is 6.07 Å². The van der Waals surface area contributed by atoms with Crippen LogP contribution in [0.4, 0.5) is 0 Å². The number of benzene rings is 1. The van der Waals surface area contributed by atoms with Crippen LogP contribution in [0.2, 0.25) is 0 Å². The number of aromatic nitrogens is 1. The van der Waals surface area contributed by atoms with Crippen molar-refractivity contribution >= 4 is 5.97 Å². The number of esters is 1.